The first-order valence-corrected chi connectivity index (χ1v) is 5.64. The summed E-state index contributed by atoms with van der Waals surface area (Å²) in [4.78, 5) is 0. The predicted octanol–water partition coefficient (Wildman–Crippen LogP) is 3.82. The van der Waals surface area contributed by atoms with Crippen LogP contribution in [-0.2, 0) is 12.7 Å². The van der Waals surface area contributed by atoms with Gasteiger partial charge in [0.2, 0.25) is 0 Å². The molecule has 0 heterocycles. The van der Waals surface area contributed by atoms with Gasteiger partial charge < -0.3 is 4.52 Å². The fourth-order valence-corrected chi connectivity index (χ4v) is 1.65. The second-order valence-corrected chi connectivity index (χ2v) is 4.67. The maximum Gasteiger partial charge on any atom is 0.563 e. The van der Waals surface area contributed by atoms with Crippen molar-refractivity contribution in [3.8, 4) is 5.75 Å². The van der Waals surface area contributed by atoms with Crippen LogP contribution in [-0.4, -0.2) is 0 Å². The molecule has 1 rings (SSSR count). The summed E-state index contributed by atoms with van der Waals surface area (Å²) < 4.78 is 24.0. The van der Waals surface area contributed by atoms with Crippen molar-refractivity contribution in [1.29, 1.82) is 0 Å². The Labute approximate surface area is 91.6 Å². The van der Waals surface area contributed by atoms with Crippen LogP contribution in [0, 0.1) is 6.92 Å². The first-order valence-electron chi connectivity index (χ1n) is 3.56. The molecule has 0 N–H and O–H groups in total. The summed E-state index contributed by atoms with van der Waals surface area (Å²) in [7, 11) is -3.89. The van der Waals surface area contributed by atoms with E-state index in [1.54, 1.807) is 24.3 Å². The lowest BCUT2D eigenvalue weighted by atomic mass is 10.2. The molecule has 0 unspecified atom stereocenters. The summed E-state index contributed by atoms with van der Waals surface area (Å²) >= 11 is 9.78. The van der Waals surface area contributed by atoms with Crippen molar-refractivity contribution >= 4 is 31.6 Å². The highest BCUT2D eigenvalue weighted by molar-refractivity contribution is 7.50. The molecule has 4 nitrogen and oxygen atoms in total. The SMILES string of the molecule is Cc1ccc(OP(=O)(OCl)OCl)cc1. The van der Waals surface area contributed by atoms with Crippen molar-refractivity contribution < 1.29 is 17.2 Å². The van der Waals surface area contributed by atoms with Gasteiger partial charge in [-0.05, 0) is 19.1 Å². The largest absolute Gasteiger partial charge is 0.563 e. The second kappa shape index (κ2) is 5.01. The minimum atomic E-state index is -3.89. The van der Waals surface area contributed by atoms with Gasteiger partial charge in [0.15, 0.2) is 0 Å². The van der Waals surface area contributed by atoms with Gasteiger partial charge in [-0.25, -0.2) is 4.57 Å². The molecule has 7 heteroatoms. The molecular weight excluding hydrogens is 250 g/mol. The van der Waals surface area contributed by atoms with Crippen molar-refractivity contribution in [3.05, 3.63) is 29.8 Å². The fraction of sp³-hybridized carbons (Fsp3) is 0.143. The van der Waals surface area contributed by atoms with E-state index in [0.29, 0.717) is 5.75 Å². The van der Waals surface area contributed by atoms with E-state index in [-0.39, 0.29) is 0 Å². The van der Waals surface area contributed by atoms with Crippen LogP contribution < -0.4 is 4.52 Å². The van der Waals surface area contributed by atoms with E-state index in [2.05, 4.69) is 8.15 Å². The molecule has 0 radical (unpaired) electrons. The first-order chi connectivity index (χ1) is 6.59. The van der Waals surface area contributed by atoms with Crippen molar-refractivity contribution in [2.45, 2.75) is 6.92 Å². The standard InChI is InChI=1S/C7H7Cl2O4P/c1-6-2-4-7(5-3-6)11-14(10,12-8)13-9/h2-5H,1H3. The quantitative estimate of drug-likeness (QED) is 0.769. The molecule has 1 aromatic carbocycles. The van der Waals surface area contributed by atoms with Crippen LogP contribution in [0.3, 0.4) is 0 Å². The molecule has 0 aliphatic heterocycles. The van der Waals surface area contributed by atoms with Crippen molar-refractivity contribution in [1.82, 2.24) is 0 Å². The average molecular weight is 257 g/mol. The van der Waals surface area contributed by atoms with Crippen molar-refractivity contribution in [3.63, 3.8) is 0 Å². The molecule has 0 bridgehead atoms. The zero-order chi connectivity index (χ0) is 10.6. The van der Waals surface area contributed by atoms with Crippen LogP contribution in [0.1, 0.15) is 5.56 Å². The minimum Gasteiger partial charge on any atom is -0.402 e. The van der Waals surface area contributed by atoms with Gasteiger partial charge in [0.05, 0.1) is 23.7 Å². The topological polar surface area (TPSA) is 44.8 Å². The number of phosphoric acid groups is 1. The predicted molar refractivity (Wildman–Crippen MR) is 53.3 cm³/mol. The Kier molecular flexibility index (Phi) is 4.23. The smallest absolute Gasteiger partial charge is 0.402 e. The van der Waals surface area contributed by atoms with Gasteiger partial charge in [0, 0.05) is 0 Å². The maximum absolute atomic E-state index is 11.3. The highest BCUT2D eigenvalue weighted by atomic mass is 35.5. The van der Waals surface area contributed by atoms with Crippen molar-refractivity contribution in [2.75, 3.05) is 0 Å². The summed E-state index contributed by atoms with van der Waals surface area (Å²) in [6.07, 6.45) is 0. The third kappa shape index (κ3) is 3.15. The molecule has 0 spiro atoms. The molecule has 0 saturated heterocycles. The third-order valence-electron chi connectivity index (χ3n) is 1.41. The lowest BCUT2D eigenvalue weighted by molar-refractivity contribution is 0.318. The minimum absolute atomic E-state index is 0.292. The van der Waals surface area contributed by atoms with Gasteiger partial charge in [-0.2, -0.15) is 8.15 Å². The van der Waals surface area contributed by atoms with E-state index in [1.807, 2.05) is 6.92 Å². The number of hydrogen-bond acceptors (Lipinski definition) is 4. The monoisotopic (exact) mass is 256 g/mol. The maximum atomic E-state index is 11.3. The molecule has 1 aromatic rings. The zero-order valence-corrected chi connectivity index (χ0v) is 9.55. The van der Waals surface area contributed by atoms with E-state index in [1.165, 1.54) is 0 Å². The Hall–Kier alpha value is -0.250. The van der Waals surface area contributed by atoms with Crippen LogP contribution in [0.15, 0.2) is 24.3 Å². The van der Waals surface area contributed by atoms with E-state index < -0.39 is 7.82 Å². The van der Waals surface area contributed by atoms with Gasteiger partial charge in [0.1, 0.15) is 5.75 Å². The molecule has 0 aromatic heterocycles. The molecule has 0 amide bonds. The van der Waals surface area contributed by atoms with Crippen LogP contribution in [0.25, 0.3) is 0 Å². The Morgan fingerprint density at radius 2 is 1.64 bits per heavy atom. The summed E-state index contributed by atoms with van der Waals surface area (Å²) in [5, 5.41) is 0. The molecule has 0 aliphatic rings. The Morgan fingerprint density at radius 1 is 1.14 bits per heavy atom. The van der Waals surface area contributed by atoms with Crippen LogP contribution >= 0.6 is 31.6 Å². The number of aryl methyl sites for hydroxylation is 1. The van der Waals surface area contributed by atoms with Gasteiger partial charge >= 0.3 is 7.82 Å². The summed E-state index contributed by atoms with van der Waals surface area (Å²) in [6.45, 7) is 1.90. The number of hydrogen-bond donors (Lipinski definition) is 0. The Bertz CT molecular complexity index is 332. The van der Waals surface area contributed by atoms with Gasteiger partial charge in [-0.1, -0.05) is 17.7 Å². The number of rotatable bonds is 4. The zero-order valence-electron chi connectivity index (χ0n) is 7.15. The first kappa shape index (κ1) is 11.8. The fourth-order valence-electron chi connectivity index (χ4n) is 0.767. The normalized spacial score (nSPS) is 11.4. The molecule has 0 saturated carbocycles. The number of benzene rings is 1. The lowest BCUT2D eigenvalue weighted by Gasteiger charge is -2.10. The highest BCUT2D eigenvalue weighted by Gasteiger charge is 2.28. The molecule has 0 aliphatic carbocycles. The molecule has 78 valence electrons. The summed E-state index contributed by atoms with van der Waals surface area (Å²) in [5.41, 5.74) is 1.03. The van der Waals surface area contributed by atoms with E-state index >= 15 is 0 Å². The Balaban J connectivity index is 2.78. The third-order valence-corrected chi connectivity index (χ3v) is 3.19. The van der Waals surface area contributed by atoms with Gasteiger partial charge in [-0.3, -0.25) is 0 Å². The van der Waals surface area contributed by atoms with E-state index in [9.17, 15) is 4.57 Å². The van der Waals surface area contributed by atoms with Gasteiger partial charge in [0.25, 0.3) is 0 Å². The molecular formula is C7H7Cl2O4P. The second-order valence-electron chi connectivity index (χ2n) is 2.49. The Morgan fingerprint density at radius 3 is 2.07 bits per heavy atom. The molecule has 14 heavy (non-hydrogen) atoms. The van der Waals surface area contributed by atoms with Crippen LogP contribution in [0.2, 0.25) is 0 Å². The van der Waals surface area contributed by atoms with Crippen LogP contribution in [0.5, 0.6) is 5.75 Å². The molecule has 0 fully saturated rings. The van der Waals surface area contributed by atoms with Crippen molar-refractivity contribution in [2.24, 2.45) is 0 Å². The average Bonchev–Trinajstić information content (AvgIpc) is 2.21. The van der Waals surface area contributed by atoms with Gasteiger partial charge in [-0.15, -0.1) is 0 Å². The lowest BCUT2D eigenvalue weighted by Crippen LogP contribution is -1.92. The number of halogens is 2. The summed E-state index contributed by atoms with van der Waals surface area (Å²) in [5.74, 6) is 0.292. The highest BCUT2D eigenvalue weighted by Crippen LogP contribution is 2.51. The van der Waals surface area contributed by atoms with Crippen LogP contribution in [0.4, 0.5) is 0 Å². The molecule has 0 atom stereocenters. The summed E-state index contributed by atoms with van der Waals surface area (Å²) in [6, 6.07) is 6.71. The van der Waals surface area contributed by atoms with E-state index in [0.717, 1.165) is 5.56 Å². The van der Waals surface area contributed by atoms with E-state index in [4.69, 9.17) is 28.3 Å².